The molecule has 1 atom stereocenters. The van der Waals surface area contributed by atoms with E-state index >= 15 is 0 Å². The molecule has 0 aliphatic rings. The molecule has 0 fully saturated rings. The molecule has 0 spiro atoms. The lowest BCUT2D eigenvalue weighted by molar-refractivity contribution is 0.507. The van der Waals surface area contributed by atoms with Crippen molar-refractivity contribution in [1.29, 1.82) is 0 Å². The molecule has 0 radical (unpaired) electrons. The van der Waals surface area contributed by atoms with Gasteiger partial charge in [-0.05, 0) is 36.6 Å². The van der Waals surface area contributed by atoms with Gasteiger partial charge in [0.25, 0.3) is 0 Å². The quantitative estimate of drug-likeness (QED) is 0.703. The fraction of sp³-hybridized carbons (Fsp3) is 0.200. The van der Waals surface area contributed by atoms with E-state index in [9.17, 15) is 8.78 Å². The molecule has 2 aromatic carbocycles. The van der Waals surface area contributed by atoms with E-state index < -0.39 is 11.6 Å². The van der Waals surface area contributed by atoms with Gasteiger partial charge >= 0.3 is 0 Å². The van der Waals surface area contributed by atoms with Crippen LogP contribution in [0.2, 0.25) is 0 Å². The number of benzene rings is 2. The number of hydrogen-bond donors (Lipinski definition) is 0. The Bertz CT molecular complexity index is 535. The number of alkyl halides is 1. The van der Waals surface area contributed by atoms with Crippen molar-refractivity contribution >= 4 is 15.9 Å². The second kappa shape index (κ2) is 5.61. The standard InChI is InChI=1S/C15H13BrF2/c1-10-2-4-11(5-3-10)8-13(16)12-6-7-14(17)15(18)9-12/h2-7,9,13H,8H2,1H3. The molecule has 94 valence electrons. The van der Waals surface area contributed by atoms with Crippen LogP contribution in [0, 0.1) is 18.6 Å². The Labute approximate surface area is 114 Å². The average molecular weight is 311 g/mol. The lowest BCUT2D eigenvalue weighted by Gasteiger charge is -2.11. The maximum absolute atomic E-state index is 13.1. The maximum Gasteiger partial charge on any atom is 0.159 e. The summed E-state index contributed by atoms with van der Waals surface area (Å²) in [4.78, 5) is -0.0182. The molecule has 2 rings (SSSR count). The van der Waals surface area contributed by atoms with Crippen molar-refractivity contribution in [2.24, 2.45) is 0 Å². The van der Waals surface area contributed by atoms with Crippen molar-refractivity contribution in [2.75, 3.05) is 0 Å². The molecular weight excluding hydrogens is 298 g/mol. The van der Waals surface area contributed by atoms with E-state index in [1.807, 2.05) is 31.2 Å². The van der Waals surface area contributed by atoms with Crippen LogP contribution in [0.5, 0.6) is 0 Å². The van der Waals surface area contributed by atoms with Crippen molar-refractivity contribution in [3.05, 3.63) is 70.8 Å². The van der Waals surface area contributed by atoms with E-state index in [4.69, 9.17) is 0 Å². The van der Waals surface area contributed by atoms with Crippen molar-refractivity contribution in [3.63, 3.8) is 0 Å². The molecule has 0 saturated carbocycles. The fourth-order valence-corrected chi connectivity index (χ4v) is 2.41. The van der Waals surface area contributed by atoms with Gasteiger partial charge in [0, 0.05) is 4.83 Å². The van der Waals surface area contributed by atoms with Crippen LogP contribution >= 0.6 is 15.9 Å². The summed E-state index contributed by atoms with van der Waals surface area (Å²) in [7, 11) is 0. The monoisotopic (exact) mass is 310 g/mol. The van der Waals surface area contributed by atoms with Gasteiger partial charge in [-0.1, -0.05) is 51.8 Å². The highest BCUT2D eigenvalue weighted by atomic mass is 79.9. The molecule has 0 amide bonds. The van der Waals surface area contributed by atoms with Crippen LogP contribution < -0.4 is 0 Å². The highest BCUT2D eigenvalue weighted by molar-refractivity contribution is 9.09. The second-order valence-corrected chi connectivity index (χ2v) is 5.44. The molecule has 0 aliphatic carbocycles. The first-order valence-electron chi connectivity index (χ1n) is 5.71. The van der Waals surface area contributed by atoms with Crippen LogP contribution in [0.3, 0.4) is 0 Å². The van der Waals surface area contributed by atoms with E-state index in [0.29, 0.717) is 0 Å². The smallest absolute Gasteiger partial charge is 0.159 e. The minimum absolute atomic E-state index is 0.0182. The van der Waals surface area contributed by atoms with Crippen molar-refractivity contribution in [3.8, 4) is 0 Å². The molecular formula is C15H13BrF2. The summed E-state index contributed by atoms with van der Waals surface area (Å²) >= 11 is 3.51. The number of hydrogen-bond acceptors (Lipinski definition) is 0. The number of aryl methyl sites for hydroxylation is 1. The Hall–Kier alpha value is -1.22. The molecule has 0 aliphatic heterocycles. The fourth-order valence-electron chi connectivity index (χ4n) is 1.76. The van der Waals surface area contributed by atoms with Gasteiger partial charge in [-0.15, -0.1) is 0 Å². The second-order valence-electron chi connectivity index (χ2n) is 4.33. The third-order valence-corrected chi connectivity index (χ3v) is 3.69. The van der Waals surface area contributed by atoms with Gasteiger partial charge in [-0.2, -0.15) is 0 Å². The minimum Gasteiger partial charge on any atom is -0.204 e. The van der Waals surface area contributed by atoms with Crippen LogP contribution in [0.15, 0.2) is 42.5 Å². The zero-order valence-corrected chi connectivity index (χ0v) is 11.5. The van der Waals surface area contributed by atoms with Gasteiger partial charge in [-0.25, -0.2) is 8.78 Å². The summed E-state index contributed by atoms with van der Waals surface area (Å²) in [6.45, 7) is 2.03. The minimum atomic E-state index is -0.811. The summed E-state index contributed by atoms with van der Waals surface area (Å²) in [5.41, 5.74) is 3.11. The zero-order valence-electron chi connectivity index (χ0n) is 9.96. The molecule has 1 unspecified atom stereocenters. The van der Waals surface area contributed by atoms with Gasteiger partial charge in [-0.3, -0.25) is 0 Å². The third-order valence-electron chi connectivity index (χ3n) is 2.84. The Morgan fingerprint density at radius 3 is 2.28 bits per heavy atom. The lowest BCUT2D eigenvalue weighted by Crippen LogP contribution is -1.97. The predicted octanol–water partition coefficient (Wildman–Crippen LogP) is 4.95. The lowest BCUT2D eigenvalue weighted by atomic mass is 10.0. The highest BCUT2D eigenvalue weighted by Gasteiger charge is 2.11. The van der Waals surface area contributed by atoms with E-state index in [2.05, 4.69) is 15.9 Å². The largest absolute Gasteiger partial charge is 0.204 e. The molecule has 18 heavy (non-hydrogen) atoms. The van der Waals surface area contributed by atoms with Gasteiger partial charge in [0.05, 0.1) is 0 Å². The average Bonchev–Trinajstić information content (AvgIpc) is 2.35. The van der Waals surface area contributed by atoms with Gasteiger partial charge in [0.1, 0.15) is 0 Å². The summed E-state index contributed by atoms with van der Waals surface area (Å²) in [5, 5.41) is 0. The zero-order chi connectivity index (χ0) is 13.1. The summed E-state index contributed by atoms with van der Waals surface area (Å²) in [5.74, 6) is -1.62. The summed E-state index contributed by atoms with van der Waals surface area (Å²) in [6.07, 6.45) is 0.741. The number of rotatable bonds is 3. The molecule has 0 bridgehead atoms. The maximum atomic E-state index is 13.1. The molecule has 0 aromatic heterocycles. The van der Waals surface area contributed by atoms with Crippen LogP contribution in [-0.4, -0.2) is 0 Å². The molecule has 0 saturated heterocycles. The first-order valence-corrected chi connectivity index (χ1v) is 6.62. The molecule has 2 aromatic rings. The van der Waals surface area contributed by atoms with Crippen LogP contribution in [0.4, 0.5) is 8.78 Å². The van der Waals surface area contributed by atoms with Crippen molar-refractivity contribution < 1.29 is 8.78 Å². The van der Waals surface area contributed by atoms with E-state index in [1.54, 1.807) is 6.07 Å². The molecule has 0 nitrogen and oxygen atoms in total. The predicted molar refractivity (Wildman–Crippen MR) is 72.9 cm³/mol. The van der Waals surface area contributed by atoms with Gasteiger partial charge < -0.3 is 0 Å². The Morgan fingerprint density at radius 1 is 1.00 bits per heavy atom. The Morgan fingerprint density at radius 2 is 1.67 bits per heavy atom. The SMILES string of the molecule is Cc1ccc(CC(Br)c2ccc(F)c(F)c2)cc1. The molecule has 0 N–H and O–H groups in total. The van der Waals surface area contributed by atoms with E-state index in [-0.39, 0.29) is 4.83 Å². The van der Waals surface area contributed by atoms with Crippen molar-refractivity contribution in [2.45, 2.75) is 18.2 Å². The third kappa shape index (κ3) is 3.16. The molecule has 0 heterocycles. The first kappa shape index (κ1) is 13.2. The Kier molecular flexibility index (Phi) is 4.12. The van der Waals surface area contributed by atoms with Crippen LogP contribution in [0.1, 0.15) is 21.5 Å². The van der Waals surface area contributed by atoms with Crippen LogP contribution in [-0.2, 0) is 6.42 Å². The molecule has 3 heteroatoms. The van der Waals surface area contributed by atoms with E-state index in [0.717, 1.165) is 23.6 Å². The van der Waals surface area contributed by atoms with Gasteiger partial charge in [0.15, 0.2) is 11.6 Å². The van der Waals surface area contributed by atoms with Crippen LogP contribution in [0.25, 0.3) is 0 Å². The Balaban J connectivity index is 2.13. The normalized spacial score (nSPS) is 12.4. The summed E-state index contributed by atoms with van der Waals surface area (Å²) < 4.78 is 26.0. The van der Waals surface area contributed by atoms with E-state index in [1.165, 1.54) is 11.6 Å². The summed E-state index contributed by atoms with van der Waals surface area (Å²) in [6, 6.07) is 12.2. The number of halogens is 3. The topological polar surface area (TPSA) is 0 Å². The highest BCUT2D eigenvalue weighted by Crippen LogP contribution is 2.28. The van der Waals surface area contributed by atoms with Gasteiger partial charge in [0.2, 0.25) is 0 Å². The first-order chi connectivity index (χ1) is 8.56. The van der Waals surface area contributed by atoms with Crippen molar-refractivity contribution in [1.82, 2.24) is 0 Å².